The van der Waals surface area contributed by atoms with E-state index < -0.39 is 0 Å². The molecule has 0 aromatic heterocycles. The van der Waals surface area contributed by atoms with E-state index in [1.807, 2.05) is 50.2 Å². The normalized spacial score (nSPS) is 10.9. The number of hydrogen-bond donors (Lipinski definition) is 1. The minimum Gasteiger partial charge on any atom is -0.490 e. The molecule has 3 aromatic carbocycles. The zero-order valence-electron chi connectivity index (χ0n) is 17.5. The fourth-order valence-corrected chi connectivity index (χ4v) is 3.99. The van der Waals surface area contributed by atoms with Gasteiger partial charge in [0.05, 0.1) is 16.4 Å². The van der Waals surface area contributed by atoms with Gasteiger partial charge in [-0.1, -0.05) is 41.4 Å². The highest BCUT2D eigenvalue weighted by atomic mass is 127. The highest BCUT2D eigenvalue weighted by Crippen LogP contribution is 2.34. The third kappa shape index (κ3) is 6.60. The minimum atomic E-state index is -0.343. The van der Waals surface area contributed by atoms with E-state index in [-0.39, 0.29) is 5.91 Å². The van der Waals surface area contributed by atoms with E-state index in [2.05, 4.69) is 33.1 Å². The van der Waals surface area contributed by atoms with Gasteiger partial charge < -0.3 is 9.47 Å². The zero-order chi connectivity index (χ0) is 23.1. The van der Waals surface area contributed by atoms with Gasteiger partial charge in [-0.3, -0.25) is 4.79 Å². The zero-order valence-corrected chi connectivity index (χ0v) is 21.2. The Kier molecular flexibility index (Phi) is 8.78. The van der Waals surface area contributed by atoms with E-state index in [0.717, 1.165) is 20.3 Å². The summed E-state index contributed by atoms with van der Waals surface area (Å²) in [7, 11) is 0. The van der Waals surface area contributed by atoms with Gasteiger partial charge in [-0.25, -0.2) is 5.43 Å². The van der Waals surface area contributed by atoms with Crippen LogP contribution in [0.5, 0.6) is 11.5 Å². The number of rotatable bonds is 8. The summed E-state index contributed by atoms with van der Waals surface area (Å²) >= 11 is 14.3. The molecule has 0 aliphatic carbocycles. The highest BCUT2D eigenvalue weighted by Gasteiger charge is 2.13. The molecule has 8 heteroatoms. The molecule has 32 heavy (non-hydrogen) atoms. The van der Waals surface area contributed by atoms with Crippen molar-refractivity contribution in [2.24, 2.45) is 5.10 Å². The van der Waals surface area contributed by atoms with Gasteiger partial charge in [0, 0.05) is 15.6 Å². The minimum absolute atomic E-state index is 0.343. The molecule has 3 aromatic rings. The Bertz CT molecular complexity index is 1150. The summed E-state index contributed by atoms with van der Waals surface area (Å²) in [6.07, 6.45) is 1.55. The van der Waals surface area contributed by atoms with E-state index >= 15 is 0 Å². The number of benzene rings is 3. The van der Waals surface area contributed by atoms with Gasteiger partial charge in [0.1, 0.15) is 6.61 Å². The van der Waals surface area contributed by atoms with Gasteiger partial charge in [0.15, 0.2) is 11.5 Å². The largest absolute Gasteiger partial charge is 0.490 e. The molecule has 0 radical (unpaired) electrons. The van der Waals surface area contributed by atoms with Crippen LogP contribution in [0, 0.1) is 10.5 Å². The van der Waals surface area contributed by atoms with Crippen LogP contribution in [-0.4, -0.2) is 18.7 Å². The van der Waals surface area contributed by atoms with Crippen LogP contribution in [0.1, 0.15) is 34.0 Å². The van der Waals surface area contributed by atoms with Crippen LogP contribution in [0.15, 0.2) is 59.7 Å². The number of ether oxygens (including phenoxy) is 2. The number of hydrazone groups is 1. The lowest BCUT2D eigenvalue weighted by atomic mass is 10.1. The maximum absolute atomic E-state index is 12.3. The lowest BCUT2D eigenvalue weighted by Gasteiger charge is -2.15. The summed E-state index contributed by atoms with van der Waals surface area (Å²) in [4.78, 5) is 12.3. The van der Waals surface area contributed by atoms with Gasteiger partial charge in [0.2, 0.25) is 0 Å². The quantitative estimate of drug-likeness (QED) is 0.184. The van der Waals surface area contributed by atoms with E-state index in [4.69, 9.17) is 32.7 Å². The Labute approximate surface area is 210 Å². The van der Waals surface area contributed by atoms with E-state index in [0.29, 0.717) is 40.3 Å². The van der Waals surface area contributed by atoms with Crippen molar-refractivity contribution >= 4 is 57.9 Å². The smallest absolute Gasteiger partial charge is 0.271 e. The first kappa shape index (κ1) is 24.4. The maximum Gasteiger partial charge on any atom is 0.271 e. The SMILES string of the molecule is CCOc1cc(/C=N\NC(=O)c2ccc(C)c(Cl)c2)cc(I)c1OCc1cccc(Cl)c1. The number of carbonyl (C=O) groups is 1. The lowest BCUT2D eigenvalue weighted by molar-refractivity contribution is 0.0955. The van der Waals surface area contributed by atoms with E-state index in [9.17, 15) is 4.79 Å². The summed E-state index contributed by atoms with van der Waals surface area (Å²) in [5.41, 5.74) is 5.58. The number of carbonyl (C=O) groups excluding carboxylic acids is 1. The average molecular weight is 583 g/mol. The Hall–Kier alpha value is -2.29. The number of amides is 1. The van der Waals surface area contributed by atoms with Crippen molar-refractivity contribution in [3.05, 3.63) is 90.5 Å². The summed E-state index contributed by atoms with van der Waals surface area (Å²) in [5.74, 6) is 0.895. The number of hydrogen-bond acceptors (Lipinski definition) is 4. The molecule has 1 amide bonds. The predicted molar refractivity (Wildman–Crippen MR) is 137 cm³/mol. The van der Waals surface area contributed by atoms with Crippen LogP contribution in [0.2, 0.25) is 10.0 Å². The van der Waals surface area contributed by atoms with Crippen molar-refractivity contribution in [2.45, 2.75) is 20.5 Å². The Balaban J connectivity index is 1.72. The molecule has 166 valence electrons. The van der Waals surface area contributed by atoms with Crippen molar-refractivity contribution in [1.29, 1.82) is 0 Å². The fourth-order valence-electron chi connectivity index (χ4n) is 2.81. The number of aryl methyl sites for hydroxylation is 1. The van der Waals surface area contributed by atoms with Crippen LogP contribution in [0.25, 0.3) is 0 Å². The lowest BCUT2D eigenvalue weighted by Crippen LogP contribution is -2.17. The Morgan fingerprint density at radius 3 is 2.66 bits per heavy atom. The average Bonchev–Trinajstić information content (AvgIpc) is 2.75. The third-order valence-corrected chi connectivity index (χ3v) is 5.86. The summed E-state index contributed by atoms with van der Waals surface area (Å²) in [5, 5.41) is 5.26. The van der Waals surface area contributed by atoms with Gasteiger partial charge in [-0.2, -0.15) is 5.10 Å². The van der Waals surface area contributed by atoms with Crippen molar-refractivity contribution in [3.63, 3.8) is 0 Å². The fraction of sp³-hybridized carbons (Fsp3) is 0.167. The van der Waals surface area contributed by atoms with Gasteiger partial charge in [-0.05, 0) is 89.5 Å². The molecule has 5 nitrogen and oxygen atoms in total. The van der Waals surface area contributed by atoms with Gasteiger partial charge >= 0.3 is 0 Å². The molecular weight excluding hydrogens is 562 g/mol. The third-order valence-electron chi connectivity index (χ3n) is 4.42. The molecule has 0 saturated carbocycles. The molecule has 3 rings (SSSR count). The van der Waals surface area contributed by atoms with Crippen LogP contribution in [0.4, 0.5) is 0 Å². The first-order valence-electron chi connectivity index (χ1n) is 9.80. The molecule has 1 N–H and O–H groups in total. The van der Waals surface area contributed by atoms with E-state index in [1.54, 1.807) is 24.4 Å². The van der Waals surface area contributed by atoms with Crippen LogP contribution >= 0.6 is 45.8 Å². The molecular formula is C24H21Cl2IN2O3. The second-order valence-electron chi connectivity index (χ2n) is 6.84. The molecule has 0 aliphatic heterocycles. The molecule has 0 heterocycles. The van der Waals surface area contributed by atoms with Crippen molar-refractivity contribution in [2.75, 3.05) is 6.61 Å². The Morgan fingerprint density at radius 2 is 1.94 bits per heavy atom. The first-order valence-corrected chi connectivity index (χ1v) is 11.6. The monoisotopic (exact) mass is 582 g/mol. The van der Waals surface area contributed by atoms with Crippen molar-refractivity contribution in [3.8, 4) is 11.5 Å². The summed E-state index contributed by atoms with van der Waals surface area (Å²) in [6, 6.07) is 16.3. The summed E-state index contributed by atoms with van der Waals surface area (Å²) in [6.45, 7) is 4.62. The second kappa shape index (κ2) is 11.5. The predicted octanol–water partition coefficient (Wildman–Crippen LogP) is 6.65. The first-order chi connectivity index (χ1) is 15.4. The molecule has 0 spiro atoms. The van der Waals surface area contributed by atoms with Crippen LogP contribution < -0.4 is 14.9 Å². The summed E-state index contributed by atoms with van der Waals surface area (Å²) < 4.78 is 12.6. The molecule has 0 atom stereocenters. The molecule has 0 fully saturated rings. The molecule has 0 saturated heterocycles. The molecule has 0 bridgehead atoms. The van der Waals surface area contributed by atoms with Crippen LogP contribution in [0.3, 0.4) is 0 Å². The number of nitrogens with zero attached hydrogens (tertiary/aromatic N) is 1. The second-order valence-corrected chi connectivity index (χ2v) is 8.85. The van der Waals surface area contributed by atoms with Gasteiger partial charge in [-0.15, -0.1) is 0 Å². The highest BCUT2D eigenvalue weighted by molar-refractivity contribution is 14.1. The van der Waals surface area contributed by atoms with Crippen molar-refractivity contribution in [1.82, 2.24) is 5.43 Å². The Morgan fingerprint density at radius 1 is 1.12 bits per heavy atom. The van der Waals surface area contributed by atoms with Gasteiger partial charge in [0.25, 0.3) is 5.91 Å². The molecule has 0 unspecified atom stereocenters. The van der Waals surface area contributed by atoms with Crippen molar-refractivity contribution < 1.29 is 14.3 Å². The maximum atomic E-state index is 12.3. The van der Waals surface area contributed by atoms with E-state index in [1.165, 1.54) is 0 Å². The number of nitrogens with one attached hydrogen (secondary N) is 1. The number of halogens is 3. The standard InChI is InChI=1S/C24H21Cl2IN2O3/c1-3-31-22-11-17(13-28-29-24(30)18-8-7-15(2)20(26)12-18)10-21(27)23(22)32-14-16-5-4-6-19(25)9-16/h4-13H,3,14H2,1-2H3,(H,29,30)/b28-13-. The topological polar surface area (TPSA) is 59.9 Å². The van der Waals surface area contributed by atoms with Crippen LogP contribution in [-0.2, 0) is 6.61 Å². The molecule has 0 aliphatic rings.